The van der Waals surface area contributed by atoms with Gasteiger partial charge in [-0.2, -0.15) is 13.2 Å². The summed E-state index contributed by atoms with van der Waals surface area (Å²) in [4.78, 5) is 10.3. The maximum atomic E-state index is 11.7. The van der Waals surface area contributed by atoms with Crippen LogP contribution in [0, 0.1) is 0 Å². The maximum absolute atomic E-state index is 11.7. The van der Waals surface area contributed by atoms with Crippen molar-refractivity contribution >= 4 is 18.0 Å². The first-order valence-corrected chi connectivity index (χ1v) is 7.38. The molecule has 0 N–H and O–H groups in total. The zero-order valence-corrected chi connectivity index (χ0v) is 12.0. The van der Waals surface area contributed by atoms with Crippen molar-refractivity contribution in [1.82, 2.24) is 0 Å². The van der Waals surface area contributed by atoms with E-state index >= 15 is 0 Å². The predicted octanol–water partition coefficient (Wildman–Crippen LogP) is 5.39. The third-order valence-corrected chi connectivity index (χ3v) is 3.03. The van der Waals surface area contributed by atoms with Crippen LogP contribution in [0.2, 0.25) is 0 Å². The molecule has 0 aliphatic rings. The summed E-state index contributed by atoms with van der Waals surface area (Å²) in [5.41, 5.74) is 0. The first-order valence-electron chi connectivity index (χ1n) is 6.58. The van der Waals surface area contributed by atoms with E-state index in [4.69, 9.17) is 0 Å². The molecule has 0 fully saturated rings. The largest absolute Gasteiger partial charge is 0.492 e. The molecule has 2 nitrogen and oxygen atoms in total. The average Bonchev–Trinajstić information content (AvgIpc) is 2.34. The molecule has 6 heteroatoms. The molecule has 0 aromatic heterocycles. The number of halogens is 3. The summed E-state index contributed by atoms with van der Waals surface area (Å²) in [5.74, 6) is -2.17. The lowest BCUT2D eigenvalue weighted by Crippen LogP contribution is -2.22. The smallest absolute Gasteiger partial charge is 0.380 e. The Kier molecular flexibility index (Phi) is 10.8. The third-order valence-electron chi connectivity index (χ3n) is 2.48. The molecule has 112 valence electrons. The highest BCUT2D eigenvalue weighted by Gasteiger charge is 2.41. The Hall–Kier alpha value is -0.650. The van der Waals surface area contributed by atoms with Crippen LogP contribution in [0.4, 0.5) is 13.2 Å². The predicted molar refractivity (Wildman–Crippen MR) is 71.5 cm³/mol. The van der Waals surface area contributed by atoms with Gasteiger partial charge in [-0.1, -0.05) is 51.5 Å². The van der Waals surface area contributed by atoms with Gasteiger partial charge in [-0.15, -0.1) is 0 Å². The highest BCUT2D eigenvalue weighted by Crippen LogP contribution is 2.20. The first-order chi connectivity index (χ1) is 8.98. The molecule has 0 atom stereocenters. The number of unbranched alkanes of at least 4 members (excludes halogenated alkanes) is 7. The molecule has 0 radical (unpaired) electrons. The van der Waals surface area contributed by atoms with Gasteiger partial charge in [0.1, 0.15) is 0 Å². The number of rotatable bonds is 10. The Labute approximate surface area is 117 Å². The fourth-order valence-electron chi connectivity index (χ4n) is 1.45. The van der Waals surface area contributed by atoms with Crippen molar-refractivity contribution in [3.05, 3.63) is 11.5 Å². The van der Waals surface area contributed by atoms with Crippen LogP contribution in [0.1, 0.15) is 58.3 Å². The summed E-state index contributed by atoms with van der Waals surface area (Å²) in [6, 6.07) is 0. The van der Waals surface area contributed by atoms with Gasteiger partial charge >= 0.3 is 12.1 Å². The molecule has 0 aromatic carbocycles. The van der Waals surface area contributed by atoms with E-state index in [1.165, 1.54) is 37.5 Å². The molecule has 19 heavy (non-hydrogen) atoms. The Morgan fingerprint density at radius 1 is 1.11 bits per heavy atom. The molecule has 0 aromatic rings. The molecule has 0 heterocycles. The monoisotopic (exact) mass is 298 g/mol. The molecule has 0 amide bonds. The van der Waals surface area contributed by atoms with Crippen molar-refractivity contribution in [1.29, 1.82) is 0 Å². The number of alkyl halides is 3. The number of carbonyl (C=O) groups is 1. The molecule has 0 aliphatic carbocycles. The van der Waals surface area contributed by atoms with Crippen LogP contribution in [-0.2, 0) is 8.98 Å². The second-order valence-electron chi connectivity index (χ2n) is 4.25. The van der Waals surface area contributed by atoms with Gasteiger partial charge in [0.2, 0.25) is 0 Å². The normalized spacial score (nSPS) is 12.0. The van der Waals surface area contributed by atoms with Crippen LogP contribution in [-0.4, -0.2) is 12.1 Å². The standard InChI is InChI=1S/C13H21F3O2S/c1-2-3-4-5-6-7-8-9-10-11-19-18-12(17)13(14,15)16/h10-11H,2-9H2,1H3/b11-10+. The van der Waals surface area contributed by atoms with Gasteiger partial charge in [-0.25, -0.2) is 4.79 Å². The third kappa shape index (κ3) is 12.1. The zero-order valence-electron chi connectivity index (χ0n) is 11.2. The molecule has 0 unspecified atom stereocenters. The van der Waals surface area contributed by atoms with E-state index in [1.807, 2.05) is 0 Å². The fraction of sp³-hybridized carbons (Fsp3) is 0.769. The van der Waals surface area contributed by atoms with Crippen molar-refractivity contribution in [3.63, 3.8) is 0 Å². The minimum atomic E-state index is -4.92. The lowest BCUT2D eigenvalue weighted by atomic mass is 10.1. The van der Waals surface area contributed by atoms with Crippen LogP contribution in [0.3, 0.4) is 0 Å². The van der Waals surface area contributed by atoms with E-state index in [0.717, 1.165) is 19.3 Å². The van der Waals surface area contributed by atoms with Gasteiger partial charge in [0, 0.05) is 5.41 Å². The second kappa shape index (κ2) is 11.2. The highest BCUT2D eigenvalue weighted by molar-refractivity contribution is 7.97. The van der Waals surface area contributed by atoms with Gasteiger partial charge < -0.3 is 4.18 Å². The Bertz CT molecular complexity index is 265. The number of hydrogen-bond acceptors (Lipinski definition) is 3. The summed E-state index contributed by atoms with van der Waals surface area (Å²) in [5, 5.41) is 1.38. The van der Waals surface area contributed by atoms with Gasteiger partial charge in [0.05, 0.1) is 12.0 Å². The van der Waals surface area contributed by atoms with Gasteiger partial charge in [0.15, 0.2) is 0 Å². The highest BCUT2D eigenvalue weighted by atomic mass is 32.2. The summed E-state index contributed by atoms with van der Waals surface area (Å²) in [6.45, 7) is 2.17. The van der Waals surface area contributed by atoms with Gasteiger partial charge in [-0.3, -0.25) is 0 Å². The quantitative estimate of drug-likeness (QED) is 0.399. The maximum Gasteiger partial charge on any atom is 0.492 e. The van der Waals surface area contributed by atoms with Crippen molar-refractivity contribution in [2.75, 3.05) is 0 Å². The molecular formula is C13H21F3O2S. The van der Waals surface area contributed by atoms with Crippen molar-refractivity contribution in [3.8, 4) is 0 Å². The van der Waals surface area contributed by atoms with Gasteiger partial charge in [-0.05, 0) is 12.8 Å². The minimum Gasteiger partial charge on any atom is -0.380 e. The molecule has 0 saturated carbocycles. The second-order valence-corrected chi connectivity index (χ2v) is 4.88. The van der Waals surface area contributed by atoms with Crippen LogP contribution in [0.5, 0.6) is 0 Å². The van der Waals surface area contributed by atoms with Crippen molar-refractivity contribution < 1.29 is 22.1 Å². The van der Waals surface area contributed by atoms with E-state index in [1.54, 1.807) is 6.08 Å². The fourth-order valence-corrected chi connectivity index (χ4v) is 1.90. The summed E-state index contributed by atoms with van der Waals surface area (Å²) >= 11 is 0.413. The zero-order chi connectivity index (χ0) is 14.6. The Morgan fingerprint density at radius 3 is 2.26 bits per heavy atom. The lowest BCUT2D eigenvalue weighted by molar-refractivity contribution is -0.188. The Balaban J connectivity index is 3.33. The number of hydrogen-bond donors (Lipinski definition) is 0. The summed E-state index contributed by atoms with van der Waals surface area (Å²) in [6.07, 6.45) is 5.97. The van der Waals surface area contributed by atoms with E-state index in [0.29, 0.717) is 12.0 Å². The molecule has 0 saturated heterocycles. The summed E-state index contributed by atoms with van der Waals surface area (Å²) < 4.78 is 39.2. The Morgan fingerprint density at radius 2 is 1.68 bits per heavy atom. The SMILES string of the molecule is CCCCCCCCC/C=C/SOC(=O)C(F)(F)F. The average molecular weight is 298 g/mol. The molecule has 0 bridgehead atoms. The molecule has 0 rings (SSSR count). The molecular weight excluding hydrogens is 277 g/mol. The molecule has 0 aliphatic heterocycles. The van der Waals surface area contributed by atoms with Crippen molar-refractivity contribution in [2.45, 2.75) is 64.5 Å². The van der Waals surface area contributed by atoms with E-state index < -0.39 is 12.1 Å². The van der Waals surface area contributed by atoms with E-state index in [2.05, 4.69) is 11.1 Å². The minimum absolute atomic E-state index is 0.413. The summed E-state index contributed by atoms with van der Waals surface area (Å²) in [7, 11) is 0. The van der Waals surface area contributed by atoms with E-state index in [-0.39, 0.29) is 0 Å². The first kappa shape index (κ1) is 18.4. The van der Waals surface area contributed by atoms with Crippen LogP contribution >= 0.6 is 12.0 Å². The molecule has 0 spiro atoms. The topological polar surface area (TPSA) is 26.3 Å². The van der Waals surface area contributed by atoms with Crippen LogP contribution < -0.4 is 0 Å². The van der Waals surface area contributed by atoms with E-state index in [9.17, 15) is 18.0 Å². The van der Waals surface area contributed by atoms with Gasteiger partial charge in [0.25, 0.3) is 0 Å². The van der Waals surface area contributed by atoms with Crippen molar-refractivity contribution in [2.24, 2.45) is 0 Å². The number of carbonyl (C=O) groups excluding carboxylic acids is 1. The van der Waals surface area contributed by atoms with Crippen LogP contribution in [0.25, 0.3) is 0 Å². The lowest BCUT2D eigenvalue weighted by Gasteiger charge is -2.02. The van der Waals surface area contributed by atoms with Crippen LogP contribution in [0.15, 0.2) is 11.5 Å². The number of allylic oxidation sites excluding steroid dienone is 1.